The molecule has 0 bridgehead atoms. The Hall–Kier alpha value is -2.04. The third kappa shape index (κ3) is 5.98. The molecule has 1 aliphatic heterocycles. The molecule has 1 heterocycles. The minimum Gasteiger partial charge on any atom is -0.332 e. The van der Waals surface area contributed by atoms with Crippen molar-refractivity contribution in [2.75, 3.05) is 12.8 Å². The second kappa shape index (κ2) is 8.77. The number of hydrogen-bond donors (Lipinski definition) is 1. The number of nitrogens with one attached hydrogen (secondary N) is 1. The van der Waals surface area contributed by atoms with E-state index in [-0.39, 0.29) is 12.1 Å². The fraction of sp³-hybridized carbons (Fsp3) is 0.474. The first-order valence-corrected chi connectivity index (χ1v) is 11.1. The van der Waals surface area contributed by atoms with E-state index in [9.17, 15) is 13.2 Å². The summed E-state index contributed by atoms with van der Waals surface area (Å²) in [6.07, 6.45) is 4.24. The second-order valence-corrected chi connectivity index (χ2v) is 9.42. The zero-order valence-corrected chi connectivity index (χ0v) is 17.2. The number of nitriles is 1. The van der Waals surface area contributed by atoms with Gasteiger partial charge in [-0.15, -0.1) is 0 Å². The molecule has 0 aromatic heterocycles. The molecule has 3 atom stereocenters. The lowest BCUT2D eigenvalue weighted by atomic mass is 9.88. The smallest absolute Gasteiger partial charge is 0.318 e. The monoisotopic (exact) mass is 409 g/mol. The summed E-state index contributed by atoms with van der Waals surface area (Å²) in [5.74, 6) is 0.455. The summed E-state index contributed by atoms with van der Waals surface area (Å²) in [4.78, 5) is 14.5. The normalized spacial score (nSPS) is 21.7. The Kier molecular flexibility index (Phi) is 6.90. The minimum atomic E-state index is -3.24. The molecule has 0 spiro atoms. The average molecular weight is 410 g/mol. The summed E-state index contributed by atoms with van der Waals surface area (Å²) < 4.78 is 22.5. The number of hydrogen-bond acceptors (Lipinski definition) is 4. The van der Waals surface area contributed by atoms with Crippen LogP contribution < -0.4 is 5.32 Å². The fourth-order valence-electron chi connectivity index (χ4n) is 3.12. The number of halogens is 1. The van der Waals surface area contributed by atoms with E-state index in [1.165, 1.54) is 6.08 Å². The van der Waals surface area contributed by atoms with Crippen molar-refractivity contribution in [1.29, 1.82) is 5.26 Å². The maximum atomic E-state index is 12.8. The van der Waals surface area contributed by atoms with Crippen molar-refractivity contribution in [3.8, 4) is 6.07 Å². The average Bonchev–Trinajstić information content (AvgIpc) is 2.59. The lowest BCUT2D eigenvalue weighted by Gasteiger charge is -2.39. The minimum absolute atomic E-state index is 0.148. The molecule has 1 aromatic rings. The molecule has 0 aliphatic carbocycles. The summed E-state index contributed by atoms with van der Waals surface area (Å²) in [6, 6.07) is 6.47. The molecule has 27 heavy (non-hydrogen) atoms. The molecule has 6 nitrogen and oxygen atoms in total. The molecular weight excluding hydrogens is 386 g/mol. The molecule has 1 aromatic carbocycles. The molecule has 2 rings (SSSR count). The maximum Gasteiger partial charge on any atom is 0.318 e. The summed E-state index contributed by atoms with van der Waals surface area (Å²) >= 11 is 6.17. The first kappa shape index (κ1) is 21.3. The zero-order valence-electron chi connectivity index (χ0n) is 15.6. The number of rotatable bonds is 4. The van der Waals surface area contributed by atoms with Crippen molar-refractivity contribution < 1.29 is 13.2 Å². The quantitative estimate of drug-likeness (QED) is 0.821. The van der Waals surface area contributed by atoms with Crippen molar-refractivity contribution >= 4 is 27.5 Å². The fourth-order valence-corrected chi connectivity index (χ4v) is 3.87. The number of sulfone groups is 1. The van der Waals surface area contributed by atoms with E-state index in [1.807, 2.05) is 12.1 Å². The van der Waals surface area contributed by atoms with Crippen molar-refractivity contribution in [3.05, 3.63) is 45.8 Å². The van der Waals surface area contributed by atoms with Crippen LogP contribution in [0.25, 0.3) is 0 Å². The Morgan fingerprint density at radius 3 is 2.78 bits per heavy atom. The van der Waals surface area contributed by atoms with Crippen LogP contribution in [0.3, 0.4) is 0 Å². The van der Waals surface area contributed by atoms with Crippen LogP contribution in [0.5, 0.6) is 0 Å². The van der Waals surface area contributed by atoms with Gasteiger partial charge >= 0.3 is 6.03 Å². The first-order chi connectivity index (χ1) is 12.6. The predicted molar refractivity (Wildman–Crippen MR) is 106 cm³/mol. The van der Waals surface area contributed by atoms with Gasteiger partial charge in [-0.1, -0.05) is 30.7 Å². The molecule has 146 valence electrons. The molecule has 0 unspecified atom stereocenters. The van der Waals surface area contributed by atoms with Crippen LogP contribution in [0.4, 0.5) is 4.79 Å². The van der Waals surface area contributed by atoms with E-state index in [2.05, 4.69) is 12.2 Å². The highest BCUT2D eigenvalue weighted by Crippen LogP contribution is 2.35. The Morgan fingerprint density at radius 2 is 2.19 bits per heavy atom. The van der Waals surface area contributed by atoms with Crippen molar-refractivity contribution in [2.45, 2.75) is 38.8 Å². The number of carbonyl (C=O) groups excluding carboxylic acids is 1. The van der Waals surface area contributed by atoms with Crippen LogP contribution >= 0.6 is 11.6 Å². The van der Waals surface area contributed by atoms with Gasteiger partial charge in [0.05, 0.1) is 16.6 Å². The lowest BCUT2D eigenvalue weighted by molar-refractivity contribution is 0.131. The van der Waals surface area contributed by atoms with Crippen molar-refractivity contribution in [3.63, 3.8) is 0 Å². The van der Waals surface area contributed by atoms with Crippen LogP contribution in [0.1, 0.15) is 43.9 Å². The van der Waals surface area contributed by atoms with Crippen LogP contribution in [0.2, 0.25) is 5.02 Å². The van der Waals surface area contributed by atoms with E-state index < -0.39 is 15.9 Å². The van der Waals surface area contributed by atoms with E-state index in [4.69, 9.17) is 16.9 Å². The van der Waals surface area contributed by atoms with Crippen molar-refractivity contribution in [2.24, 2.45) is 5.92 Å². The molecule has 2 amide bonds. The van der Waals surface area contributed by atoms with Gasteiger partial charge in [-0.2, -0.15) is 5.26 Å². The maximum absolute atomic E-state index is 12.8. The van der Waals surface area contributed by atoms with Crippen LogP contribution in [-0.4, -0.2) is 38.2 Å². The summed E-state index contributed by atoms with van der Waals surface area (Å²) in [5, 5.41) is 13.3. The van der Waals surface area contributed by atoms with Gasteiger partial charge in [0, 0.05) is 24.3 Å². The molecule has 1 fully saturated rings. The third-order valence-electron chi connectivity index (χ3n) is 4.59. The SMILES string of the molecule is C[C@H]1CCN(C(=O)N[C@H](C)/C=C\S(C)(=O)=O)[C@@H](c2ccc(C#N)c(Cl)c2)C1. The highest BCUT2D eigenvalue weighted by Gasteiger charge is 2.31. The number of urea groups is 1. The largest absolute Gasteiger partial charge is 0.332 e. The lowest BCUT2D eigenvalue weighted by Crippen LogP contribution is -2.48. The van der Waals surface area contributed by atoms with E-state index in [0.717, 1.165) is 30.1 Å². The summed E-state index contributed by atoms with van der Waals surface area (Å²) in [5.41, 5.74) is 1.29. The standard InChI is InChI=1S/C19H24ClN3O3S/c1-13-6-8-23(19(24)22-14(2)7-9-27(3,25)26)18(10-13)15-4-5-16(12-21)17(20)11-15/h4-5,7,9,11,13-14,18H,6,8,10H2,1-3H3,(H,22,24)/b9-7-/t13-,14+,18+/m0/s1. The van der Waals surface area contributed by atoms with Gasteiger partial charge in [0.2, 0.25) is 0 Å². The molecular formula is C19H24ClN3O3S. The predicted octanol–water partition coefficient (Wildman–Crippen LogP) is 3.64. The summed E-state index contributed by atoms with van der Waals surface area (Å²) in [6.45, 7) is 4.46. The van der Waals surface area contributed by atoms with Gasteiger partial charge in [-0.3, -0.25) is 0 Å². The van der Waals surface area contributed by atoms with E-state index in [0.29, 0.717) is 23.0 Å². The van der Waals surface area contributed by atoms with Gasteiger partial charge < -0.3 is 10.2 Å². The number of carbonyl (C=O) groups is 1. The molecule has 1 N–H and O–H groups in total. The number of nitrogens with zero attached hydrogens (tertiary/aromatic N) is 2. The number of likely N-dealkylation sites (tertiary alicyclic amines) is 1. The number of piperidine rings is 1. The summed E-state index contributed by atoms with van der Waals surface area (Å²) in [7, 11) is -3.24. The highest BCUT2D eigenvalue weighted by molar-refractivity contribution is 7.93. The number of amides is 2. The Balaban J connectivity index is 2.20. The van der Waals surface area contributed by atoms with Crippen molar-refractivity contribution in [1.82, 2.24) is 10.2 Å². The molecule has 0 radical (unpaired) electrons. The van der Waals surface area contributed by atoms with Gasteiger partial charge in [-0.25, -0.2) is 13.2 Å². The topological polar surface area (TPSA) is 90.3 Å². The van der Waals surface area contributed by atoms with Gasteiger partial charge in [0.15, 0.2) is 9.84 Å². The van der Waals surface area contributed by atoms with Crippen LogP contribution in [0, 0.1) is 17.2 Å². The second-order valence-electron chi connectivity index (χ2n) is 7.09. The van der Waals surface area contributed by atoms with Gasteiger partial charge in [-0.05, 0) is 43.4 Å². The van der Waals surface area contributed by atoms with Crippen LogP contribution in [-0.2, 0) is 9.84 Å². The number of benzene rings is 1. The Bertz CT molecular complexity index is 877. The molecule has 8 heteroatoms. The van der Waals surface area contributed by atoms with Gasteiger partial charge in [0.25, 0.3) is 0 Å². The Labute approximate surface area is 165 Å². The Morgan fingerprint density at radius 1 is 1.48 bits per heavy atom. The third-order valence-corrected chi connectivity index (χ3v) is 5.55. The van der Waals surface area contributed by atoms with Gasteiger partial charge in [0.1, 0.15) is 6.07 Å². The zero-order chi connectivity index (χ0) is 20.2. The van der Waals surface area contributed by atoms with E-state index >= 15 is 0 Å². The first-order valence-electron chi connectivity index (χ1n) is 8.75. The van der Waals surface area contributed by atoms with E-state index in [1.54, 1.807) is 24.0 Å². The van der Waals surface area contributed by atoms with Crippen LogP contribution in [0.15, 0.2) is 29.7 Å². The highest BCUT2D eigenvalue weighted by atomic mass is 35.5. The molecule has 0 saturated carbocycles. The molecule has 1 saturated heterocycles. The molecule has 1 aliphatic rings.